The second kappa shape index (κ2) is 7.23. The second-order valence-electron chi connectivity index (χ2n) is 7.01. The van der Waals surface area contributed by atoms with E-state index in [-0.39, 0.29) is 23.7 Å². The Morgan fingerprint density at radius 1 is 1.15 bits per heavy atom. The van der Waals surface area contributed by atoms with Gasteiger partial charge in [0.05, 0.1) is 28.0 Å². The molecule has 0 radical (unpaired) electrons. The van der Waals surface area contributed by atoms with Gasteiger partial charge in [-0.3, -0.25) is 9.59 Å². The van der Waals surface area contributed by atoms with E-state index in [4.69, 9.17) is 0 Å². The van der Waals surface area contributed by atoms with Crippen LogP contribution in [0, 0.1) is 11.8 Å². The molecule has 4 rings (SSSR count). The van der Waals surface area contributed by atoms with Crippen LogP contribution in [-0.4, -0.2) is 39.6 Å². The van der Waals surface area contributed by atoms with Crippen LogP contribution in [0.2, 0.25) is 0 Å². The highest BCUT2D eigenvalue weighted by atomic mass is 79.9. The first-order valence-corrected chi connectivity index (χ1v) is 9.80. The van der Waals surface area contributed by atoms with Gasteiger partial charge >= 0.3 is 0 Å². The van der Waals surface area contributed by atoms with Crippen molar-refractivity contribution in [1.29, 1.82) is 0 Å². The smallest absolute Gasteiger partial charge is 0.229 e. The average Bonchev–Trinajstić information content (AvgIpc) is 3.43. The zero-order valence-electron chi connectivity index (χ0n) is 14.4. The van der Waals surface area contributed by atoms with Crippen molar-refractivity contribution in [3.05, 3.63) is 41.1 Å². The maximum Gasteiger partial charge on any atom is 0.229 e. The van der Waals surface area contributed by atoms with Crippen LogP contribution in [-0.2, 0) is 9.59 Å². The van der Waals surface area contributed by atoms with Crippen molar-refractivity contribution in [1.82, 2.24) is 14.7 Å². The lowest BCUT2D eigenvalue weighted by Crippen LogP contribution is -2.44. The second-order valence-corrected chi connectivity index (χ2v) is 7.92. The first-order valence-electron chi connectivity index (χ1n) is 9.01. The molecule has 1 aliphatic carbocycles. The van der Waals surface area contributed by atoms with Gasteiger partial charge in [0.25, 0.3) is 0 Å². The number of carbonyl (C=O) groups excluding carboxylic acids is 2. The van der Waals surface area contributed by atoms with Gasteiger partial charge in [-0.15, -0.1) is 0 Å². The molecule has 2 aliphatic rings. The number of hydrogen-bond donors (Lipinski definition) is 1. The molecular formula is C19H21BrN4O2. The van der Waals surface area contributed by atoms with Gasteiger partial charge in [-0.05, 0) is 53.7 Å². The maximum absolute atomic E-state index is 12.8. The molecule has 1 aromatic heterocycles. The van der Waals surface area contributed by atoms with Crippen molar-refractivity contribution in [2.75, 3.05) is 18.4 Å². The minimum absolute atomic E-state index is 0.0306. The fraction of sp³-hybridized carbons (Fsp3) is 0.421. The predicted molar refractivity (Wildman–Crippen MR) is 102 cm³/mol. The van der Waals surface area contributed by atoms with Crippen LogP contribution in [0.4, 0.5) is 5.69 Å². The summed E-state index contributed by atoms with van der Waals surface area (Å²) in [4.78, 5) is 27.0. The molecule has 1 unspecified atom stereocenters. The summed E-state index contributed by atoms with van der Waals surface area (Å²) in [5.74, 6) is 0.237. The van der Waals surface area contributed by atoms with Gasteiger partial charge in [0.2, 0.25) is 11.8 Å². The molecule has 2 heterocycles. The SMILES string of the molecule is O=C(Nc1ccccc1-n1cc(Br)cn1)C1CCCN(C(=O)C2CC2)C1. The number of rotatable bonds is 4. The molecule has 1 N–H and O–H groups in total. The molecule has 6 nitrogen and oxygen atoms in total. The van der Waals surface area contributed by atoms with E-state index < -0.39 is 0 Å². The summed E-state index contributed by atoms with van der Waals surface area (Å²) in [6.45, 7) is 1.30. The molecule has 136 valence electrons. The van der Waals surface area contributed by atoms with Crippen molar-refractivity contribution >= 4 is 33.4 Å². The Hall–Kier alpha value is -2.15. The van der Waals surface area contributed by atoms with E-state index in [2.05, 4.69) is 26.3 Å². The summed E-state index contributed by atoms with van der Waals surface area (Å²) in [5, 5.41) is 7.33. The highest BCUT2D eigenvalue weighted by molar-refractivity contribution is 9.10. The fourth-order valence-electron chi connectivity index (χ4n) is 3.43. The molecule has 26 heavy (non-hydrogen) atoms. The molecule has 1 saturated carbocycles. The number of piperidine rings is 1. The van der Waals surface area contributed by atoms with Crippen molar-refractivity contribution in [2.24, 2.45) is 11.8 Å². The van der Waals surface area contributed by atoms with Crippen LogP contribution in [0.5, 0.6) is 0 Å². The molecule has 0 bridgehead atoms. The maximum atomic E-state index is 12.8. The van der Waals surface area contributed by atoms with Gasteiger partial charge in [-0.1, -0.05) is 12.1 Å². The number of hydrogen-bond acceptors (Lipinski definition) is 3. The van der Waals surface area contributed by atoms with Crippen LogP contribution >= 0.6 is 15.9 Å². The zero-order valence-corrected chi connectivity index (χ0v) is 16.0. The Balaban J connectivity index is 1.47. The van der Waals surface area contributed by atoms with Gasteiger partial charge in [0.15, 0.2) is 0 Å². The van der Waals surface area contributed by atoms with E-state index in [0.29, 0.717) is 6.54 Å². The number of amides is 2. The van der Waals surface area contributed by atoms with Crippen LogP contribution in [0.15, 0.2) is 41.1 Å². The normalized spacial score (nSPS) is 20.0. The molecule has 2 amide bonds. The third-order valence-electron chi connectivity index (χ3n) is 4.99. The van der Waals surface area contributed by atoms with Gasteiger partial charge < -0.3 is 10.2 Å². The minimum Gasteiger partial charge on any atom is -0.342 e. The summed E-state index contributed by atoms with van der Waals surface area (Å²) in [6, 6.07) is 7.59. The standard InChI is InChI=1S/C19H21BrN4O2/c20-15-10-21-24(12-15)17-6-2-1-5-16(17)22-18(25)14-4-3-9-23(11-14)19(26)13-7-8-13/h1-2,5-6,10,12-14H,3-4,7-9,11H2,(H,22,25). The van der Waals surface area contributed by atoms with E-state index in [1.807, 2.05) is 35.4 Å². The Morgan fingerprint density at radius 2 is 1.96 bits per heavy atom. The van der Waals surface area contributed by atoms with Crippen LogP contribution in [0.3, 0.4) is 0 Å². The van der Waals surface area contributed by atoms with E-state index in [1.54, 1.807) is 10.9 Å². The monoisotopic (exact) mass is 416 g/mol. The number of para-hydroxylation sites is 2. The largest absolute Gasteiger partial charge is 0.342 e. The third-order valence-corrected chi connectivity index (χ3v) is 5.40. The minimum atomic E-state index is -0.163. The quantitative estimate of drug-likeness (QED) is 0.831. The lowest BCUT2D eigenvalue weighted by molar-refractivity contribution is -0.135. The van der Waals surface area contributed by atoms with Crippen LogP contribution in [0.25, 0.3) is 5.69 Å². The lowest BCUT2D eigenvalue weighted by Gasteiger charge is -2.32. The highest BCUT2D eigenvalue weighted by Gasteiger charge is 2.36. The van der Waals surface area contributed by atoms with Crippen molar-refractivity contribution in [3.63, 3.8) is 0 Å². The number of nitrogens with one attached hydrogen (secondary N) is 1. The average molecular weight is 417 g/mol. The molecular weight excluding hydrogens is 396 g/mol. The molecule has 1 atom stereocenters. The summed E-state index contributed by atoms with van der Waals surface area (Å²) >= 11 is 3.40. The topological polar surface area (TPSA) is 67.2 Å². The lowest BCUT2D eigenvalue weighted by atomic mass is 9.96. The number of likely N-dealkylation sites (tertiary alicyclic amines) is 1. The summed E-state index contributed by atoms with van der Waals surface area (Å²) in [7, 11) is 0. The zero-order chi connectivity index (χ0) is 18.1. The Morgan fingerprint density at radius 3 is 2.69 bits per heavy atom. The van der Waals surface area contributed by atoms with E-state index in [1.165, 1.54) is 0 Å². The number of benzene rings is 1. The highest BCUT2D eigenvalue weighted by Crippen LogP contribution is 2.33. The molecule has 7 heteroatoms. The summed E-state index contributed by atoms with van der Waals surface area (Å²) in [6.07, 6.45) is 7.25. The van der Waals surface area contributed by atoms with Gasteiger partial charge in [-0.25, -0.2) is 4.68 Å². The van der Waals surface area contributed by atoms with Crippen molar-refractivity contribution < 1.29 is 9.59 Å². The van der Waals surface area contributed by atoms with E-state index in [0.717, 1.165) is 48.1 Å². The Kier molecular flexibility index (Phi) is 4.80. The first-order chi connectivity index (χ1) is 12.6. The first kappa shape index (κ1) is 17.3. The van der Waals surface area contributed by atoms with Gasteiger partial charge in [0, 0.05) is 25.2 Å². The summed E-state index contributed by atoms with van der Waals surface area (Å²) < 4.78 is 2.60. The predicted octanol–water partition coefficient (Wildman–Crippen LogP) is 3.22. The molecule has 0 spiro atoms. The summed E-state index contributed by atoms with van der Waals surface area (Å²) in [5.41, 5.74) is 1.53. The van der Waals surface area contributed by atoms with Gasteiger partial charge in [0.1, 0.15) is 0 Å². The van der Waals surface area contributed by atoms with Crippen molar-refractivity contribution in [3.8, 4) is 5.69 Å². The Bertz CT molecular complexity index is 830. The van der Waals surface area contributed by atoms with Crippen molar-refractivity contribution in [2.45, 2.75) is 25.7 Å². The molecule has 2 aromatic rings. The molecule has 2 fully saturated rings. The number of halogens is 1. The number of anilines is 1. The number of nitrogens with zero attached hydrogens (tertiary/aromatic N) is 3. The Labute approximate surface area is 160 Å². The van der Waals surface area contributed by atoms with E-state index >= 15 is 0 Å². The number of aromatic nitrogens is 2. The van der Waals surface area contributed by atoms with E-state index in [9.17, 15) is 9.59 Å². The molecule has 1 saturated heterocycles. The third kappa shape index (κ3) is 3.67. The van der Waals surface area contributed by atoms with Gasteiger partial charge in [-0.2, -0.15) is 5.10 Å². The molecule has 1 aromatic carbocycles. The van der Waals surface area contributed by atoms with Crippen LogP contribution in [0.1, 0.15) is 25.7 Å². The molecule has 1 aliphatic heterocycles. The fourth-order valence-corrected chi connectivity index (χ4v) is 3.71. The van der Waals surface area contributed by atoms with Crippen LogP contribution < -0.4 is 5.32 Å². The number of carbonyl (C=O) groups is 2.